The summed E-state index contributed by atoms with van der Waals surface area (Å²) in [6, 6.07) is 0.415. The van der Waals surface area contributed by atoms with E-state index in [0.29, 0.717) is 24.3 Å². The van der Waals surface area contributed by atoms with Crippen LogP contribution in [0, 0.1) is 0 Å². The number of aromatic nitrogens is 3. The van der Waals surface area contributed by atoms with Crippen LogP contribution in [-0.2, 0) is 6.54 Å². The van der Waals surface area contributed by atoms with Crippen LogP contribution < -0.4 is 10.1 Å². The van der Waals surface area contributed by atoms with Gasteiger partial charge in [0.1, 0.15) is 0 Å². The number of hydrogen-bond donors (Lipinski definition) is 1. The standard InChI is InChI=1S/C10H13BrN4O2S/c1-5(2)8-13-14-10(17-8)12-4-6-7(11)9(16-3)15-18-6/h5H,4H2,1-3H3,(H,12,14). The minimum atomic E-state index is 0.225. The summed E-state index contributed by atoms with van der Waals surface area (Å²) in [5.41, 5.74) is 0. The van der Waals surface area contributed by atoms with E-state index in [2.05, 4.69) is 35.8 Å². The van der Waals surface area contributed by atoms with E-state index in [1.165, 1.54) is 11.5 Å². The van der Waals surface area contributed by atoms with Gasteiger partial charge in [0.2, 0.25) is 11.8 Å². The third kappa shape index (κ3) is 2.81. The normalized spacial score (nSPS) is 10.9. The second-order valence-corrected chi connectivity index (χ2v) is 5.53. The Hall–Kier alpha value is -1.15. The first-order chi connectivity index (χ1) is 8.61. The van der Waals surface area contributed by atoms with Crippen molar-refractivity contribution in [3.8, 4) is 5.88 Å². The third-order valence-electron chi connectivity index (χ3n) is 2.20. The lowest BCUT2D eigenvalue weighted by Gasteiger charge is -1.99. The summed E-state index contributed by atoms with van der Waals surface area (Å²) in [4.78, 5) is 1.01. The molecule has 0 aromatic carbocycles. The maximum atomic E-state index is 5.44. The second-order valence-electron chi connectivity index (χ2n) is 3.88. The van der Waals surface area contributed by atoms with E-state index in [-0.39, 0.29) is 5.92 Å². The van der Waals surface area contributed by atoms with Gasteiger partial charge in [0.15, 0.2) is 0 Å². The van der Waals surface area contributed by atoms with Gasteiger partial charge >= 0.3 is 6.01 Å². The number of nitrogens with one attached hydrogen (secondary N) is 1. The zero-order valence-corrected chi connectivity index (χ0v) is 12.6. The van der Waals surface area contributed by atoms with Gasteiger partial charge in [0, 0.05) is 5.92 Å². The fraction of sp³-hybridized carbons (Fsp3) is 0.500. The minimum Gasteiger partial charge on any atom is -0.480 e. The molecule has 0 atom stereocenters. The molecular weight excluding hydrogens is 320 g/mol. The SMILES string of the molecule is COc1nsc(CNc2nnc(C(C)C)o2)c1Br. The smallest absolute Gasteiger partial charge is 0.315 e. The van der Waals surface area contributed by atoms with Crippen LogP contribution in [0.5, 0.6) is 5.88 Å². The van der Waals surface area contributed by atoms with Crippen molar-refractivity contribution in [1.29, 1.82) is 0 Å². The van der Waals surface area contributed by atoms with Crippen molar-refractivity contribution in [3.63, 3.8) is 0 Å². The van der Waals surface area contributed by atoms with E-state index >= 15 is 0 Å². The van der Waals surface area contributed by atoms with Crippen LogP contribution in [0.25, 0.3) is 0 Å². The molecule has 0 unspecified atom stereocenters. The van der Waals surface area contributed by atoms with E-state index in [4.69, 9.17) is 9.15 Å². The number of anilines is 1. The Morgan fingerprint density at radius 2 is 2.22 bits per heavy atom. The van der Waals surface area contributed by atoms with Crippen LogP contribution in [0.2, 0.25) is 0 Å². The highest BCUT2D eigenvalue weighted by Crippen LogP contribution is 2.31. The molecular formula is C10H13BrN4O2S. The van der Waals surface area contributed by atoms with E-state index in [0.717, 1.165) is 9.35 Å². The van der Waals surface area contributed by atoms with Crippen molar-refractivity contribution in [2.45, 2.75) is 26.3 Å². The summed E-state index contributed by atoms with van der Waals surface area (Å²) in [5, 5.41) is 10.9. The van der Waals surface area contributed by atoms with Crippen LogP contribution >= 0.6 is 27.5 Å². The lowest BCUT2D eigenvalue weighted by molar-refractivity contribution is 0.399. The Morgan fingerprint density at radius 3 is 2.78 bits per heavy atom. The van der Waals surface area contributed by atoms with Crippen LogP contribution in [0.1, 0.15) is 30.5 Å². The van der Waals surface area contributed by atoms with Crippen molar-refractivity contribution < 1.29 is 9.15 Å². The van der Waals surface area contributed by atoms with Gasteiger partial charge in [-0.2, -0.15) is 4.37 Å². The molecule has 2 rings (SSSR count). The lowest BCUT2D eigenvalue weighted by Crippen LogP contribution is -1.98. The second kappa shape index (κ2) is 5.66. The first kappa shape index (κ1) is 13.3. The van der Waals surface area contributed by atoms with Gasteiger partial charge in [-0.15, -0.1) is 5.10 Å². The third-order valence-corrected chi connectivity index (χ3v) is 4.11. The summed E-state index contributed by atoms with van der Waals surface area (Å²) in [6.45, 7) is 4.56. The number of rotatable bonds is 5. The van der Waals surface area contributed by atoms with E-state index in [9.17, 15) is 0 Å². The van der Waals surface area contributed by atoms with Gasteiger partial charge in [-0.05, 0) is 27.5 Å². The molecule has 18 heavy (non-hydrogen) atoms. The Morgan fingerprint density at radius 1 is 1.44 bits per heavy atom. The van der Waals surface area contributed by atoms with Crippen molar-refractivity contribution in [2.75, 3.05) is 12.4 Å². The molecule has 0 saturated carbocycles. The Bertz CT molecular complexity index is 526. The maximum Gasteiger partial charge on any atom is 0.315 e. The molecule has 0 bridgehead atoms. The molecule has 8 heteroatoms. The molecule has 0 aliphatic heterocycles. The fourth-order valence-corrected chi connectivity index (χ4v) is 2.62. The van der Waals surface area contributed by atoms with Crippen molar-refractivity contribution >= 4 is 33.5 Å². The molecule has 0 aliphatic carbocycles. The molecule has 2 heterocycles. The molecule has 1 N–H and O–H groups in total. The van der Waals surface area contributed by atoms with Gasteiger partial charge in [0.25, 0.3) is 0 Å². The van der Waals surface area contributed by atoms with Crippen LogP contribution in [0.4, 0.5) is 6.01 Å². The first-order valence-electron chi connectivity index (χ1n) is 5.37. The van der Waals surface area contributed by atoms with Crippen molar-refractivity contribution in [2.24, 2.45) is 0 Å². The van der Waals surface area contributed by atoms with Gasteiger partial charge < -0.3 is 14.5 Å². The topological polar surface area (TPSA) is 73.1 Å². The Labute approximate surface area is 117 Å². The summed E-state index contributed by atoms with van der Waals surface area (Å²) in [5.74, 6) is 1.44. The quantitative estimate of drug-likeness (QED) is 0.907. The maximum absolute atomic E-state index is 5.44. The summed E-state index contributed by atoms with van der Waals surface area (Å²) >= 11 is 4.79. The van der Waals surface area contributed by atoms with E-state index in [1.54, 1.807) is 7.11 Å². The first-order valence-corrected chi connectivity index (χ1v) is 6.93. The molecule has 0 aliphatic rings. The number of hydrogen-bond acceptors (Lipinski definition) is 7. The summed E-state index contributed by atoms with van der Waals surface area (Å²) < 4.78 is 15.5. The predicted octanol–water partition coefficient (Wildman–Crippen LogP) is 3.03. The average Bonchev–Trinajstić information content (AvgIpc) is 2.93. The van der Waals surface area contributed by atoms with Crippen molar-refractivity contribution in [1.82, 2.24) is 14.6 Å². The molecule has 2 aromatic heterocycles. The van der Waals surface area contributed by atoms with Gasteiger partial charge in [0.05, 0.1) is 23.0 Å². The Kier molecular flexibility index (Phi) is 4.18. The van der Waals surface area contributed by atoms with Crippen LogP contribution in [-0.4, -0.2) is 21.7 Å². The minimum absolute atomic E-state index is 0.225. The number of ether oxygens (including phenoxy) is 1. The molecule has 98 valence electrons. The monoisotopic (exact) mass is 332 g/mol. The molecule has 0 spiro atoms. The fourth-order valence-electron chi connectivity index (χ4n) is 1.23. The van der Waals surface area contributed by atoms with Crippen molar-refractivity contribution in [3.05, 3.63) is 15.2 Å². The summed E-state index contributed by atoms with van der Waals surface area (Å²) in [7, 11) is 1.59. The highest BCUT2D eigenvalue weighted by Gasteiger charge is 2.13. The average molecular weight is 333 g/mol. The number of nitrogens with zero attached hydrogens (tertiary/aromatic N) is 3. The largest absolute Gasteiger partial charge is 0.480 e. The van der Waals surface area contributed by atoms with Gasteiger partial charge in [-0.1, -0.05) is 18.9 Å². The predicted molar refractivity (Wildman–Crippen MR) is 72.1 cm³/mol. The van der Waals surface area contributed by atoms with E-state index < -0.39 is 0 Å². The molecule has 0 radical (unpaired) electrons. The lowest BCUT2D eigenvalue weighted by atomic mass is 10.2. The van der Waals surface area contributed by atoms with Gasteiger partial charge in [-0.3, -0.25) is 0 Å². The van der Waals surface area contributed by atoms with Crippen LogP contribution in [0.3, 0.4) is 0 Å². The molecule has 6 nitrogen and oxygen atoms in total. The van der Waals surface area contributed by atoms with Gasteiger partial charge in [-0.25, -0.2) is 0 Å². The highest BCUT2D eigenvalue weighted by atomic mass is 79.9. The number of methoxy groups -OCH3 is 1. The number of halogens is 1. The molecule has 0 amide bonds. The summed E-state index contributed by atoms with van der Waals surface area (Å²) in [6.07, 6.45) is 0. The van der Waals surface area contributed by atoms with E-state index in [1.807, 2.05) is 13.8 Å². The molecule has 0 saturated heterocycles. The molecule has 2 aromatic rings. The Balaban J connectivity index is 2.00. The molecule has 0 fully saturated rings. The highest BCUT2D eigenvalue weighted by molar-refractivity contribution is 9.10. The van der Waals surface area contributed by atoms with Crippen LogP contribution in [0.15, 0.2) is 8.89 Å². The zero-order valence-electron chi connectivity index (χ0n) is 10.2. The zero-order chi connectivity index (χ0) is 13.1.